The predicted molar refractivity (Wildman–Crippen MR) is 414 cm³/mol. The van der Waals surface area contributed by atoms with Crippen LogP contribution < -0.4 is 18.9 Å². The van der Waals surface area contributed by atoms with Crippen LogP contribution in [0.15, 0.2) is 97.1 Å². The molecule has 0 heterocycles. The first-order valence-corrected chi connectivity index (χ1v) is 41.1. The van der Waals surface area contributed by atoms with E-state index < -0.39 is 0 Å². The number of unbranched alkanes of at least 4 members (excludes halogenated alkanes) is 32. The fourth-order valence-corrected chi connectivity index (χ4v) is 13.9. The minimum atomic E-state index is -0.156. The average Bonchev–Trinajstić information content (AvgIpc) is 0.780. The summed E-state index contributed by atoms with van der Waals surface area (Å²) in [6.07, 6.45) is 52.7. The fraction of sp³-hybridized carbons (Fsp3) is 0.667. The molecule has 4 rings (SSSR count). The van der Waals surface area contributed by atoms with Crippen LogP contribution >= 0.6 is 0 Å². The summed E-state index contributed by atoms with van der Waals surface area (Å²) in [6, 6.07) is 31.7. The predicted octanol–water partition coefficient (Wildman–Crippen LogP) is 27.7. The van der Waals surface area contributed by atoms with Gasteiger partial charge >= 0.3 is 23.9 Å². The Balaban J connectivity index is 1.89. The highest BCUT2D eigenvalue weighted by Gasteiger charge is 2.26. The van der Waals surface area contributed by atoms with Gasteiger partial charge in [0.15, 0.2) is 0 Å². The van der Waals surface area contributed by atoms with Gasteiger partial charge in [0.2, 0.25) is 0 Å². The van der Waals surface area contributed by atoms with Crippen molar-refractivity contribution >= 4 is 35.0 Å². The third kappa shape index (κ3) is 35.7. The molecule has 8 nitrogen and oxygen atoms in total. The fourth-order valence-electron chi connectivity index (χ4n) is 13.9. The maximum absolute atomic E-state index is 14.2. The Morgan fingerprint density at radius 3 is 0.490 bits per heavy atom. The molecule has 4 unspecified atom stereocenters. The van der Waals surface area contributed by atoms with Crippen molar-refractivity contribution in [1.29, 1.82) is 0 Å². The molecule has 0 radical (unpaired) electrons. The molecule has 4 aromatic rings. The third-order valence-electron chi connectivity index (χ3n) is 20.3. The van der Waals surface area contributed by atoms with Gasteiger partial charge < -0.3 is 18.9 Å². The van der Waals surface area contributed by atoms with E-state index in [2.05, 4.69) is 55.4 Å². The molecule has 0 spiro atoms. The summed E-state index contributed by atoms with van der Waals surface area (Å²) in [5.41, 5.74) is 5.30. The summed E-state index contributed by atoms with van der Waals surface area (Å²) in [4.78, 5) is 57.0. The van der Waals surface area contributed by atoms with Crippen LogP contribution in [-0.2, 0) is 19.2 Å². The van der Waals surface area contributed by atoms with Crippen molar-refractivity contribution in [2.24, 2.45) is 23.7 Å². The summed E-state index contributed by atoms with van der Waals surface area (Å²) in [6.45, 7) is 17.9. The van der Waals surface area contributed by atoms with Crippen LogP contribution in [0, 0.1) is 23.7 Å². The van der Waals surface area contributed by atoms with E-state index in [-0.39, 0.29) is 47.5 Å². The van der Waals surface area contributed by atoms with Gasteiger partial charge in [0.05, 0.1) is 23.7 Å². The molecule has 0 aliphatic rings. The molecular weight excluding hydrogens is 1210 g/mol. The van der Waals surface area contributed by atoms with Crippen LogP contribution in [0.25, 0.3) is 11.1 Å². The highest BCUT2D eigenvalue weighted by atomic mass is 16.5. The smallest absolute Gasteiger partial charge is 0.314 e. The maximum Gasteiger partial charge on any atom is 0.314 e. The van der Waals surface area contributed by atoms with Gasteiger partial charge in [-0.3, -0.25) is 19.2 Å². The minimum Gasteiger partial charge on any atom is -0.426 e. The molecule has 0 aliphatic carbocycles. The molecule has 0 amide bonds. The van der Waals surface area contributed by atoms with Gasteiger partial charge in [-0.1, -0.05) is 361 Å². The Morgan fingerprint density at radius 1 is 0.204 bits per heavy atom. The van der Waals surface area contributed by atoms with E-state index >= 15 is 0 Å². The summed E-state index contributed by atoms with van der Waals surface area (Å²) in [5.74, 6) is 0.780. The third-order valence-corrected chi connectivity index (χ3v) is 20.3. The van der Waals surface area contributed by atoms with Crippen molar-refractivity contribution in [3.05, 3.63) is 119 Å². The second-order valence-electron chi connectivity index (χ2n) is 28.9. The lowest BCUT2D eigenvalue weighted by Gasteiger charge is -2.20. The van der Waals surface area contributed by atoms with Gasteiger partial charge in [-0.05, 0) is 133 Å². The quantitative estimate of drug-likeness (QED) is 0.0186. The number of benzene rings is 4. The molecular formula is C90H140O8. The Kier molecular flexibility index (Phi) is 47.8. The van der Waals surface area contributed by atoms with Gasteiger partial charge in [-0.15, -0.1) is 0 Å². The van der Waals surface area contributed by atoms with E-state index in [9.17, 15) is 19.2 Å². The maximum atomic E-state index is 14.2. The second-order valence-corrected chi connectivity index (χ2v) is 28.9. The molecule has 4 aromatic carbocycles. The van der Waals surface area contributed by atoms with E-state index in [1.54, 1.807) is 0 Å². The second kappa shape index (κ2) is 55.2. The highest BCUT2D eigenvalue weighted by molar-refractivity contribution is 6.05. The van der Waals surface area contributed by atoms with Crippen LogP contribution in [0.3, 0.4) is 0 Å². The Hall–Kier alpha value is -5.50. The first-order valence-electron chi connectivity index (χ1n) is 41.1. The molecule has 98 heavy (non-hydrogen) atoms. The molecule has 4 atom stereocenters. The number of rotatable bonds is 60. The summed E-state index contributed by atoms with van der Waals surface area (Å²) in [7, 11) is 0. The van der Waals surface area contributed by atoms with Crippen LogP contribution in [0.4, 0.5) is 0 Å². The van der Waals surface area contributed by atoms with E-state index in [4.69, 9.17) is 18.9 Å². The van der Waals surface area contributed by atoms with Crippen LogP contribution in [0.5, 0.6) is 23.0 Å². The molecule has 0 bridgehead atoms. The number of hydrogen-bond acceptors (Lipinski definition) is 8. The largest absolute Gasteiger partial charge is 0.426 e. The Bertz CT molecular complexity index is 2320. The molecule has 0 aromatic heterocycles. The molecule has 0 saturated carbocycles. The Morgan fingerprint density at radius 2 is 0.337 bits per heavy atom. The summed E-state index contributed by atoms with van der Waals surface area (Å²) in [5, 5.41) is 0. The number of carbonyl (C=O) groups is 4. The minimum absolute atomic E-state index is 0.155. The van der Waals surface area contributed by atoms with Crippen molar-refractivity contribution in [2.45, 2.75) is 364 Å². The Labute approximate surface area is 599 Å². The first-order chi connectivity index (χ1) is 48.0. The SMILES string of the molecule is CCCCCCCCC(CCCCCC)C(=O)Oc1ccc(C(=C(c2ccc(OC(=O)C(CCCCCC)CCCCCCCC)cc2)c2ccc(OC(=O)C(CCCCCC)CCCCCCCC)cc2)c2ccc(OC(=O)C(CCCCCC)CCCCCCCC)cc2)cc1. The van der Waals surface area contributed by atoms with Gasteiger partial charge in [-0.25, -0.2) is 0 Å². The van der Waals surface area contributed by atoms with Gasteiger partial charge in [0.1, 0.15) is 23.0 Å². The van der Waals surface area contributed by atoms with Crippen molar-refractivity contribution in [1.82, 2.24) is 0 Å². The zero-order valence-corrected chi connectivity index (χ0v) is 63.8. The highest BCUT2D eigenvalue weighted by Crippen LogP contribution is 2.40. The van der Waals surface area contributed by atoms with Crippen LogP contribution in [-0.4, -0.2) is 23.9 Å². The van der Waals surface area contributed by atoms with Crippen molar-refractivity contribution in [3.8, 4) is 23.0 Å². The van der Waals surface area contributed by atoms with E-state index in [0.717, 1.165) is 239 Å². The molecule has 0 N–H and O–H groups in total. The number of ether oxygens (including phenoxy) is 4. The molecule has 548 valence electrons. The lowest BCUT2D eigenvalue weighted by atomic mass is 9.85. The van der Waals surface area contributed by atoms with Crippen molar-refractivity contribution < 1.29 is 38.1 Å². The monoisotopic (exact) mass is 1350 g/mol. The number of hydrogen-bond donors (Lipinski definition) is 0. The van der Waals surface area contributed by atoms with Gasteiger partial charge in [0.25, 0.3) is 0 Å². The summed E-state index contributed by atoms with van der Waals surface area (Å²) < 4.78 is 25.4. The molecule has 8 heteroatoms. The van der Waals surface area contributed by atoms with Gasteiger partial charge in [-0.2, -0.15) is 0 Å². The lowest BCUT2D eigenvalue weighted by Crippen LogP contribution is -2.21. The average molecular weight is 1350 g/mol. The number of carbonyl (C=O) groups excluding carboxylic acids is 4. The molecule has 0 saturated heterocycles. The first kappa shape index (κ1) is 84.9. The van der Waals surface area contributed by atoms with Crippen LogP contribution in [0.2, 0.25) is 0 Å². The van der Waals surface area contributed by atoms with Gasteiger partial charge in [0, 0.05) is 0 Å². The van der Waals surface area contributed by atoms with Crippen molar-refractivity contribution in [2.75, 3.05) is 0 Å². The normalized spacial score (nSPS) is 12.6. The van der Waals surface area contributed by atoms with E-state index in [1.807, 2.05) is 97.1 Å². The number of esters is 4. The van der Waals surface area contributed by atoms with Crippen LogP contribution in [0.1, 0.15) is 386 Å². The standard InChI is InChI=1S/C90H140O8/c1-9-17-25-33-37-45-53-77(49-41-29-21-13-5)87(91)95-81-65-57-73(58-66-81)85(74-59-67-82(68-60-74)96-88(92)78(50-42-30-22-14-6)54-46-38-34-26-18-10-2)86(75-61-69-83(70-62-75)97-89(93)79(51-43-31-23-15-7)55-47-39-35-27-19-11-3)76-63-71-84(72-64-76)98-90(94)80(52-44-32-24-16-8)56-48-40-36-28-20-12-4/h57-72,77-80H,9-56H2,1-8H3. The van der Waals surface area contributed by atoms with E-state index in [1.165, 1.54) is 103 Å². The topological polar surface area (TPSA) is 105 Å². The van der Waals surface area contributed by atoms with E-state index in [0.29, 0.717) is 23.0 Å². The van der Waals surface area contributed by atoms with Crippen molar-refractivity contribution in [3.63, 3.8) is 0 Å². The molecule has 0 aliphatic heterocycles. The zero-order valence-electron chi connectivity index (χ0n) is 63.8. The lowest BCUT2D eigenvalue weighted by molar-refractivity contribution is -0.140. The molecule has 0 fully saturated rings. The zero-order chi connectivity index (χ0) is 70.5. The summed E-state index contributed by atoms with van der Waals surface area (Å²) >= 11 is 0.